The molecule has 0 unspecified atom stereocenters. The van der Waals surface area contributed by atoms with Gasteiger partial charge in [0.15, 0.2) is 5.03 Å². The topological polar surface area (TPSA) is 66.1 Å². The van der Waals surface area contributed by atoms with Gasteiger partial charge in [-0.25, -0.2) is 13.4 Å². The van der Waals surface area contributed by atoms with Gasteiger partial charge >= 0.3 is 0 Å². The van der Waals surface area contributed by atoms with Crippen LogP contribution >= 0.6 is 0 Å². The zero-order valence-corrected chi connectivity index (χ0v) is 11.2. The van der Waals surface area contributed by atoms with Gasteiger partial charge in [-0.3, -0.25) is 0 Å². The molecule has 0 aromatic carbocycles. The molecule has 1 rings (SSSR count). The highest BCUT2D eigenvalue weighted by molar-refractivity contribution is 7.89. The van der Waals surface area contributed by atoms with Crippen LogP contribution in [0, 0.1) is 6.92 Å². The second kappa shape index (κ2) is 4.18. The molecule has 5 nitrogen and oxygen atoms in total. The van der Waals surface area contributed by atoms with Crippen LogP contribution in [0.15, 0.2) is 11.2 Å². The summed E-state index contributed by atoms with van der Waals surface area (Å²) in [5.41, 5.74) is -0.405. The first-order valence-electron chi connectivity index (χ1n) is 5.22. The lowest BCUT2D eigenvalue weighted by Crippen LogP contribution is -2.44. The van der Waals surface area contributed by atoms with E-state index < -0.39 is 15.6 Å². The molecule has 0 fully saturated rings. The van der Waals surface area contributed by atoms with Gasteiger partial charge in [0.05, 0.1) is 6.20 Å². The van der Waals surface area contributed by atoms with Crippen molar-refractivity contribution in [2.75, 3.05) is 7.05 Å². The fourth-order valence-electron chi connectivity index (χ4n) is 1.22. The van der Waals surface area contributed by atoms with Crippen molar-refractivity contribution in [3.8, 4) is 0 Å². The number of aromatic nitrogens is 2. The molecule has 0 spiro atoms. The summed E-state index contributed by atoms with van der Waals surface area (Å²) in [6.07, 6.45) is 2.10. The van der Waals surface area contributed by atoms with Crippen LogP contribution in [-0.2, 0) is 10.0 Å². The van der Waals surface area contributed by atoms with Crippen LogP contribution in [0.4, 0.5) is 0 Å². The monoisotopic (exact) mass is 245 g/mol. The van der Waals surface area contributed by atoms with E-state index in [0.717, 1.165) is 6.42 Å². The highest BCUT2D eigenvalue weighted by Gasteiger charge is 2.33. The van der Waals surface area contributed by atoms with Gasteiger partial charge in [0.1, 0.15) is 5.82 Å². The van der Waals surface area contributed by atoms with E-state index >= 15 is 0 Å². The average molecular weight is 245 g/mol. The standard InChI is InChI=1S/C10H19N3O2S/c1-6-10(3,4)13(5)16(14,15)9-7-11-8(2)12-9/h7H,6H2,1-5H3,(H,11,12). The van der Waals surface area contributed by atoms with Crippen molar-refractivity contribution in [2.45, 2.75) is 44.7 Å². The Balaban J connectivity index is 3.13. The molecule has 1 aromatic rings. The van der Waals surface area contributed by atoms with Crippen LogP contribution in [0.5, 0.6) is 0 Å². The largest absolute Gasteiger partial charge is 0.332 e. The first kappa shape index (κ1) is 13.2. The van der Waals surface area contributed by atoms with E-state index in [1.165, 1.54) is 10.5 Å². The smallest absolute Gasteiger partial charge is 0.260 e. The zero-order valence-electron chi connectivity index (χ0n) is 10.4. The molecule has 16 heavy (non-hydrogen) atoms. The number of H-pyrrole nitrogens is 1. The lowest BCUT2D eigenvalue weighted by molar-refractivity contribution is 0.256. The molecule has 1 heterocycles. The van der Waals surface area contributed by atoms with Crippen LogP contribution in [-0.4, -0.2) is 35.3 Å². The van der Waals surface area contributed by atoms with Gasteiger partial charge in [0.25, 0.3) is 10.0 Å². The quantitative estimate of drug-likeness (QED) is 0.874. The van der Waals surface area contributed by atoms with Crippen LogP contribution in [0.25, 0.3) is 0 Å². The molecule has 0 radical (unpaired) electrons. The number of nitrogens with one attached hydrogen (secondary N) is 1. The predicted octanol–water partition coefficient (Wildman–Crippen LogP) is 1.53. The number of rotatable bonds is 4. The van der Waals surface area contributed by atoms with Crippen molar-refractivity contribution >= 4 is 10.0 Å². The number of hydrogen-bond donors (Lipinski definition) is 1. The molecule has 6 heteroatoms. The molecule has 0 saturated carbocycles. The minimum absolute atomic E-state index is 0.147. The summed E-state index contributed by atoms with van der Waals surface area (Å²) in [5, 5.41) is 0.147. The Hall–Kier alpha value is -0.880. The Morgan fingerprint density at radius 3 is 2.44 bits per heavy atom. The van der Waals surface area contributed by atoms with Crippen molar-refractivity contribution in [2.24, 2.45) is 0 Å². The van der Waals surface area contributed by atoms with Gasteiger partial charge in [-0.2, -0.15) is 4.31 Å². The Morgan fingerprint density at radius 1 is 1.50 bits per heavy atom. The van der Waals surface area contributed by atoms with Crippen molar-refractivity contribution in [3.63, 3.8) is 0 Å². The maximum Gasteiger partial charge on any atom is 0.260 e. The van der Waals surface area contributed by atoms with Gasteiger partial charge in [-0.15, -0.1) is 0 Å². The van der Waals surface area contributed by atoms with E-state index in [1.807, 2.05) is 20.8 Å². The average Bonchev–Trinajstić information content (AvgIpc) is 2.64. The summed E-state index contributed by atoms with van der Waals surface area (Å²) in [6.45, 7) is 7.48. The Bertz CT molecular complexity index is 462. The molecule has 0 saturated heterocycles. The summed E-state index contributed by atoms with van der Waals surface area (Å²) in [4.78, 5) is 6.66. The van der Waals surface area contributed by atoms with Crippen LogP contribution in [0.1, 0.15) is 33.0 Å². The zero-order chi connectivity index (χ0) is 12.6. The fraction of sp³-hybridized carbons (Fsp3) is 0.700. The minimum atomic E-state index is -3.47. The van der Waals surface area contributed by atoms with Crippen LogP contribution in [0.2, 0.25) is 0 Å². The van der Waals surface area contributed by atoms with E-state index in [2.05, 4.69) is 9.97 Å². The fourth-order valence-corrected chi connectivity index (χ4v) is 2.76. The minimum Gasteiger partial charge on any atom is -0.332 e. The third kappa shape index (κ3) is 2.27. The van der Waals surface area contributed by atoms with Crippen molar-refractivity contribution in [1.29, 1.82) is 0 Å². The molecular weight excluding hydrogens is 226 g/mol. The highest BCUT2D eigenvalue weighted by atomic mass is 32.2. The SMILES string of the molecule is CCC(C)(C)N(C)S(=O)(=O)c1cnc(C)[nH]1. The molecular formula is C10H19N3O2S. The Morgan fingerprint density at radius 2 is 2.06 bits per heavy atom. The summed E-state index contributed by atoms with van der Waals surface area (Å²) in [5.74, 6) is 0.598. The lowest BCUT2D eigenvalue weighted by Gasteiger charge is -2.33. The maximum absolute atomic E-state index is 12.2. The van der Waals surface area contributed by atoms with Gasteiger partial charge in [-0.1, -0.05) is 6.92 Å². The van der Waals surface area contributed by atoms with Crippen molar-refractivity contribution < 1.29 is 8.42 Å². The van der Waals surface area contributed by atoms with E-state index in [1.54, 1.807) is 14.0 Å². The first-order chi connectivity index (χ1) is 7.21. The van der Waals surface area contributed by atoms with E-state index in [0.29, 0.717) is 5.82 Å². The predicted molar refractivity (Wildman–Crippen MR) is 62.6 cm³/mol. The number of nitrogens with zero attached hydrogens (tertiary/aromatic N) is 2. The van der Waals surface area contributed by atoms with Gasteiger partial charge in [-0.05, 0) is 27.2 Å². The molecule has 92 valence electrons. The molecule has 0 bridgehead atoms. The third-order valence-corrected chi connectivity index (χ3v) is 5.01. The second-order valence-corrected chi connectivity index (χ2v) is 6.41. The van der Waals surface area contributed by atoms with Crippen molar-refractivity contribution in [1.82, 2.24) is 14.3 Å². The van der Waals surface area contributed by atoms with E-state index in [-0.39, 0.29) is 5.03 Å². The van der Waals surface area contributed by atoms with Gasteiger partial charge < -0.3 is 4.98 Å². The summed E-state index contributed by atoms with van der Waals surface area (Å²) in [7, 11) is -1.88. The molecule has 0 aliphatic carbocycles. The maximum atomic E-state index is 12.2. The third-order valence-electron chi connectivity index (χ3n) is 3.04. The molecule has 1 N–H and O–H groups in total. The molecule has 1 aromatic heterocycles. The molecule has 0 amide bonds. The number of imidazole rings is 1. The van der Waals surface area contributed by atoms with E-state index in [4.69, 9.17) is 0 Å². The lowest BCUT2D eigenvalue weighted by atomic mass is 10.0. The summed E-state index contributed by atoms with van der Waals surface area (Å²) >= 11 is 0. The number of sulfonamides is 1. The molecule has 0 aliphatic heterocycles. The number of aromatic amines is 1. The van der Waals surface area contributed by atoms with Gasteiger partial charge in [0, 0.05) is 12.6 Å². The second-order valence-electron chi connectivity index (χ2n) is 4.47. The molecule has 0 aliphatic rings. The summed E-state index contributed by atoms with van der Waals surface area (Å²) < 4.78 is 25.8. The highest BCUT2D eigenvalue weighted by Crippen LogP contribution is 2.23. The van der Waals surface area contributed by atoms with Crippen molar-refractivity contribution in [3.05, 3.63) is 12.0 Å². The van der Waals surface area contributed by atoms with Crippen LogP contribution < -0.4 is 0 Å². The summed E-state index contributed by atoms with van der Waals surface area (Å²) in [6, 6.07) is 0. The number of aryl methyl sites for hydroxylation is 1. The number of hydrogen-bond acceptors (Lipinski definition) is 3. The Labute approximate surface area is 96.9 Å². The van der Waals surface area contributed by atoms with E-state index in [9.17, 15) is 8.42 Å². The van der Waals surface area contributed by atoms with Crippen LogP contribution in [0.3, 0.4) is 0 Å². The first-order valence-corrected chi connectivity index (χ1v) is 6.66. The van der Waals surface area contributed by atoms with Gasteiger partial charge in [0.2, 0.25) is 0 Å². The Kier molecular flexibility index (Phi) is 3.44. The normalized spacial score (nSPS) is 13.4. The molecule has 0 atom stereocenters.